The highest BCUT2D eigenvalue weighted by molar-refractivity contribution is 5.66. The summed E-state index contributed by atoms with van der Waals surface area (Å²) in [5, 5.41) is 8.56. The van der Waals surface area contributed by atoms with E-state index in [-0.39, 0.29) is 6.42 Å². The minimum absolute atomic E-state index is 0.261. The first-order valence-corrected chi connectivity index (χ1v) is 8.41. The number of epoxide rings is 1. The molecule has 0 aromatic heterocycles. The molecule has 0 aliphatic carbocycles. The maximum atomic E-state index is 10.4. The van der Waals surface area contributed by atoms with Gasteiger partial charge < -0.3 is 9.84 Å². The quantitative estimate of drug-likeness (QED) is 0.299. The highest BCUT2D eigenvalue weighted by Gasteiger charge is 2.36. The Balaban J connectivity index is 1.88. The largest absolute Gasteiger partial charge is 0.481 e. The topological polar surface area (TPSA) is 49.8 Å². The van der Waals surface area contributed by atoms with Gasteiger partial charge in [-0.05, 0) is 44.9 Å². The van der Waals surface area contributed by atoms with Gasteiger partial charge in [0.15, 0.2) is 0 Å². The molecule has 0 radical (unpaired) electrons. The SMILES string of the molecule is CCCCC/C=C\C/C=C\CC[C@@H]1O[C@H]1CCCC(=O)O. The summed E-state index contributed by atoms with van der Waals surface area (Å²) in [5.41, 5.74) is 0. The predicted octanol–water partition coefficient (Wildman–Crippen LogP) is 4.87. The fourth-order valence-corrected chi connectivity index (χ4v) is 2.42. The van der Waals surface area contributed by atoms with Gasteiger partial charge in [0.25, 0.3) is 0 Å². The Morgan fingerprint density at radius 3 is 2.43 bits per heavy atom. The Labute approximate surface area is 129 Å². The van der Waals surface area contributed by atoms with Crippen LogP contribution in [-0.4, -0.2) is 23.3 Å². The zero-order valence-electron chi connectivity index (χ0n) is 13.3. The monoisotopic (exact) mass is 294 g/mol. The standard InChI is InChI=1S/C18H30O3/c1-2-3-4-5-6-7-8-9-10-11-13-16-17(21-16)14-12-15-18(19)20/h6-7,9-10,16-17H,2-5,8,11-15H2,1H3,(H,19,20)/b7-6-,10-9-/t16-,17-/m0/s1. The average Bonchev–Trinajstić information content (AvgIpc) is 3.19. The van der Waals surface area contributed by atoms with Crippen molar-refractivity contribution in [2.75, 3.05) is 0 Å². The van der Waals surface area contributed by atoms with Crippen molar-refractivity contribution in [3.63, 3.8) is 0 Å². The van der Waals surface area contributed by atoms with Gasteiger partial charge in [0.2, 0.25) is 0 Å². The number of carbonyl (C=O) groups is 1. The van der Waals surface area contributed by atoms with Crippen molar-refractivity contribution in [1.82, 2.24) is 0 Å². The van der Waals surface area contributed by atoms with Gasteiger partial charge in [0, 0.05) is 6.42 Å². The highest BCUT2D eigenvalue weighted by Crippen LogP contribution is 2.30. The van der Waals surface area contributed by atoms with Crippen LogP contribution in [0, 0.1) is 0 Å². The van der Waals surface area contributed by atoms with Gasteiger partial charge in [0.05, 0.1) is 12.2 Å². The zero-order chi connectivity index (χ0) is 15.3. The molecule has 21 heavy (non-hydrogen) atoms. The van der Waals surface area contributed by atoms with Crippen molar-refractivity contribution in [2.45, 2.75) is 83.3 Å². The Kier molecular flexibility index (Phi) is 9.88. The van der Waals surface area contributed by atoms with Crippen LogP contribution in [0.25, 0.3) is 0 Å². The molecule has 0 aromatic rings. The fourth-order valence-electron chi connectivity index (χ4n) is 2.42. The second-order valence-electron chi connectivity index (χ2n) is 5.75. The van der Waals surface area contributed by atoms with E-state index in [1.165, 1.54) is 25.7 Å². The molecule has 0 saturated carbocycles. The van der Waals surface area contributed by atoms with E-state index in [0.717, 1.165) is 32.1 Å². The van der Waals surface area contributed by atoms with Crippen molar-refractivity contribution < 1.29 is 14.6 Å². The van der Waals surface area contributed by atoms with Gasteiger partial charge in [-0.25, -0.2) is 0 Å². The summed E-state index contributed by atoms with van der Waals surface area (Å²) < 4.78 is 5.54. The van der Waals surface area contributed by atoms with Crippen molar-refractivity contribution in [3.05, 3.63) is 24.3 Å². The molecule has 1 aliphatic heterocycles. The molecule has 0 spiro atoms. The Hall–Kier alpha value is -1.09. The minimum atomic E-state index is -0.710. The van der Waals surface area contributed by atoms with Crippen molar-refractivity contribution in [2.24, 2.45) is 0 Å². The lowest BCUT2D eigenvalue weighted by Crippen LogP contribution is -1.98. The van der Waals surface area contributed by atoms with E-state index in [1.807, 2.05) is 0 Å². The molecule has 0 bridgehead atoms. The molecule has 3 heteroatoms. The van der Waals surface area contributed by atoms with E-state index in [1.54, 1.807) is 0 Å². The zero-order valence-corrected chi connectivity index (χ0v) is 13.3. The van der Waals surface area contributed by atoms with Crippen molar-refractivity contribution in [3.8, 4) is 0 Å². The number of rotatable bonds is 13. The summed E-state index contributed by atoms with van der Waals surface area (Å²) in [4.78, 5) is 10.4. The lowest BCUT2D eigenvalue weighted by Gasteiger charge is -1.93. The third-order valence-electron chi connectivity index (χ3n) is 3.76. The van der Waals surface area contributed by atoms with E-state index in [0.29, 0.717) is 12.2 Å². The maximum Gasteiger partial charge on any atom is 0.303 e. The summed E-state index contributed by atoms with van der Waals surface area (Å²) in [6.45, 7) is 2.23. The van der Waals surface area contributed by atoms with Crippen LogP contribution >= 0.6 is 0 Å². The van der Waals surface area contributed by atoms with Gasteiger partial charge in [-0.1, -0.05) is 44.1 Å². The van der Waals surface area contributed by atoms with E-state index in [4.69, 9.17) is 9.84 Å². The lowest BCUT2D eigenvalue weighted by atomic mass is 10.1. The Bertz CT molecular complexity index is 333. The minimum Gasteiger partial charge on any atom is -0.481 e. The smallest absolute Gasteiger partial charge is 0.303 e. The first-order chi connectivity index (χ1) is 10.2. The third-order valence-corrected chi connectivity index (χ3v) is 3.76. The molecule has 2 atom stereocenters. The lowest BCUT2D eigenvalue weighted by molar-refractivity contribution is -0.137. The molecule has 0 aromatic carbocycles. The number of hydrogen-bond acceptors (Lipinski definition) is 2. The third kappa shape index (κ3) is 10.3. The summed E-state index contributed by atoms with van der Waals surface area (Å²) >= 11 is 0. The fraction of sp³-hybridized carbons (Fsp3) is 0.722. The number of hydrogen-bond donors (Lipinski definition) is 1. The first-order valence-electron chi connectivity index (χ1n) is 8.41. The molecule has 1 heterocycles. The summed E-state index contributed by atoms with van der Waals surface area (Å²) in [6.07, 6.45) is 19.8. The summed E-state index contributed by atoms with van der Waals surface area (Å²) in [5.74, 6) is -0.710. The van der Waals surface area contributed by atoms with E-state index in [2.05, 4.69) is 31.2 Å². The molecule has 1 rings (SSSR count). The summed E-state index contributed by atoms with van der Waals surface area (Å²) in [7, 11) is 0. The molecule has 3 nitrogen and oxygen atoms in total. The van der Waals surface area contributed by atoms with E-state index < -0.39 is 5.97 Å². The molecule has 0 amide bonds. The molecular weight excluding hydrogens is 264 g/mol. The number of allylic oxidation sites excluding steroid dienone is 4. The van der Waals surface area contributed by atoms with Gasteiger partial charge in [-0.3, -0.25) is 4.79 Å². The first kappa shape index (κ1) is 18.0. The average molecular weight is 294 g/mol. The number of aliphatic carboxylic acids is 1. The number of carboxylic acid groups (broad SMARTS) is 1. The number of ether oxygens (including phenoxy) is 1. The van der Waals surface area contributed by atoms with Gasteiger partial charge >= 0.3 is 5.97 Å². The van der Waals surface area contributed by atoms with Crippen LogP contribution < -0.4 is 0 Å². The molecule has 1 saturated heterocycles. The van der Waals surface area contributed by atoms with Crippen molar-refractivity contribution >= 4 is 5.97 Å². The molecule has 120 valence electrons. The number of unbranched alkanes of at least 4 members (excludes halogenated alkanes) is 3. The summed E-state index contributed by atoms with van der Waals surface area (Å²) in [6, 6.07) is 0. The van der Waals surface area contributed by atoms with Crippen LogP contribution in [0.1, 0.15) is 71.1 Å². The molecular formula is C18H30O3. The van der Waals surface area contributed by atoms with E-state index >= 15 is 0 Å². The van der Waals surface area contributed by atoms with Crippen LogP contribution in [-0.2, 0) is 9.53 Å². The van der Waals surface area contributed by atoms with Crippen LogP contribution in [0.2, 0.25) is 0 Å². The second kappa shape index (κ2) is 11.6. The van der Waals surface area contributed by atoms with E-state index in [9.17, 15) is 4.79 Å². The van der Waals surface area contributed by atoms with Crippen LogP contribution in [0.15, 0.2) is 24.3 Å². The Morgan fingerprint density at radius 1 is 1.00 bits per heavy atom. The van der Waals surface area contributed by atoms with Gasteiger partial charge in [-0.15, -0.1) is 0 Å². The molecule has 1 fully saturated rings. The van der Waals surface area contributed by atoms with Crippen LogP contribution in [0.3, 0.4) is 0 Å². The van der Waals surface area contributed by atoms with Crippen LogP contribution in [0.5, 0.6) is 0 Å². The number of carboxylic acids is 1. The molecule has 1 aliphatic rings. The highest BCUT2D eigenvalue weighted by atomic mass is 16.6. The normalized spacial score (nSPS) is 21.4. The Morgan fingerprint density at radius 2 is 1.71 bits per heavy atom. The van der Waals surface area contributed by atoms with Crippen LogP contribution in [0.4, 0.5) is 0 Å². The van der Waals surface area contributed by atoms with Gasteiger partial charge in [-0.2, -0.15) is 0 Å². The predicted molar refractivity (Wildman–Crippen MR) is 86.4 cm³/mol. The molecule has 0 unspecified atom stereocenters. The van der Waals surface area contributed by atoms with Gasteiger partial charge in [0.1, 0.15) is 0 Å². The molecule has 1 N–H and O–H groups in total. The van der Waals surface area contributed by atoms with Crippen molar-refractivity contribution in [1.29, 1.82) is 0 Å². The second-order valence-corrected chi connectivity index (χ2v) is 5.75. The maximum absolute atomic E-state index is 10.4.